The molecule has 1 rings (SSSR count). The minimum Gasteiger partial charge on any atom is -0.424 e. The van der Waals surface area contributed by atoms with Crippen LogP contribution < -0.4 is 4.74 Å². The van der Waals surface area contributed by atoms with Gasteiger partial charge in [-0.05, 0) is 26.8 Å². The second-order valence-corrected chi connectivity index (χ2v) is 5.56. The number of carbonyl (C=O) groups excluding carboxylic acids is 1. The molecule has 0 aliphatic heterocycles. The van der Waals surface area contributed by atoms with E-state index >= 15 is 0 Å². The quantitative estimate of drug-likeness (QED) is 0.427. The van der Waals surface area contributed by atoms with Crippen molar-refractivity contribution in [2.24, 2.45) is 5.41 Å². The summed E-state index contributed by atoms with van der Waals surface area (Å²) in [6, 6.07) is 2.87. The fourth-order valence-corrected chi connectivity index (χ4v) is 1.41. The van der Waals surface area contributed by atoms with E-state index in [0.29, 0.717) is 10.0 Å². The van der Waals surface area contributed by atoms with Gasteiger partial charge in [0.15, 0.2) is 5.75 Å². The number of hydrogen-bond acceptors (Lipinski definition) is 2. The molecule has 0 unspecified atom stereocenters. The molecular weight excluding hydrogens is 270 g/mol. The van der Waals surface area contributed by atoms with E-state index in [0.717, 1.165) is 0 Å². The lowest BCUT2D eigenvalue weighted by Gasteiger charge is -2.17. The summed E-state index contributed by atoms with van der Waals surface area (Å²) in [7, 11) is 0. The highest BCUT2D eigenvalue weighted by atomic mass is 35.5. The summed E-state index contributed by atoms with van der Waals surface area (Å²) < 4.78 is 5.13. The standard InChI is InChI=1S/C11H11Cl3O2/c1-11(2,3)10(15)16-9-5-7(13)6(12)4-8(9)14/h4-5H,1-3H3. The number of benzene rings is 1. The van der Waals surface area contributed by atoms with Crippen LogP contribution in [0.4, 0.5) is 0 Å². The van der Waals surface area contributed by atoms with Gasteiger partial charge in [-0.15, -0.1) is 0 Å². The highest BCUT2D eigenvalue weighted by molar-refractivity contribution is 6.43. The van der Waals surface area contributed by atoms with Gasteiger partial charge in [0.1, 0.15) is 0 Å². The van der Waals surface area contributed by atoms with Gasteiger partial charge in [-0.3, -0.25) is 4.79 Å². The zero-order valence-corrected chi connectivity index (χ0v) is 11.4. The number of ether oxygens (including phenoxy) is 1. The fraction of sp³-hybridized carbons (Fsp3) is 0.364. The van der Waals surface area contributed by atoms with Gasteiger partial charge in [0.2, 0.25) is 0 Å². The molecule has 0 aromatic heterocycles. The molecule has 0 atom stereocenters. The average molecular weight is 282 g/mol. The molecule has 16 heavy (non-hydrogen) atoms. The van der Waals surface area contributed by atoms with Crippen molar-refractivity contribution in [2.45, 2.75) is 20.8 Å². The Balaban J connectivity index is 2.99. The molecule has 0 aliphatic carbocycles. The Morgan fingerprint density at radius 3 is 2.06 bits per heavy atom. The van der Waals surface area contributed by atoms with Crippen molar-refractivity contribution in [3.63, 3.8) is 0 Å². The van der Waals surface area contributed by atoms with E-state index in [2.05, 4.69) is 0 Å². The van der Waals surface area contributed by atoms with Gasteiger partial charge in [0.25, 0.3) is 0 Å². The van der Waals surface area contributed by atoms with E-state index in [-0.39, 0.29) is 16.7 Å². The molecule has 0 aliphatic rings. The van der Waals surface area contributed by atoms with Crippen molar-refractivity contribution in [1.29, 1.82) is 0 Å². The Labute approximate surface area is 109 Å². The monoisotopic (exact) mass is 280 g/mol. The van der Waals surface area contributed by atoms with Gasteiger partial charge in [-0.25, -0.2) is 0 Å². The second-order valence-electron chi connectivity index (χ2n) is 4.34. The van der Waals surface area contributed by atoms with E-state index in [9.17, 15) is 4.79 Å². The Morgan fingerprint density at radius 2 is 1.56 bits per heavy atom. The molecule has 0 heterocycles. The molecule has 0 fully saturated rings. The minimum atomic E-state index is -0.602. The largest absolute Gasteiger partial charge is 0.424 e. The van der Waals surface area contributed by atoms with E-state index in [1.54, 1.807) is 20.8 Å². The molecule has 0 saturated carbocycles. The maximum atomic E-state index is 11.6. The van der Waals surface area contributed by atoms with Crippen molar-refractivity contribution < 1.29 is 9.53 Å². The third-order valence-electron chi connectivity index (χ3n) is 1.79. The molecule has 0 bridgehead atoms. The maximum absolute atomic E-state index is 11.6. The molecule has 0 saturated heterocycles. The lowest BCUT2D eigenvalue weighted by atomic mass is 9.97. The van der Waals surface area contributed by atoms with Crippen molar-refractivity contribution in [2.75, 3.05) is 0 Å². The molecule has 5 heteroatoms. The van der Waals surface area contributed by atoms with Crippen LogP contribution in [0.3, 0.4) is 0 Å². The van der Waals surface area contributed by atoms with Crippen LogP contribution in [0.15, 0.2) is 12.1 Å². The summed E-state index contributed by atoms with van der Waals surface area (Å²) in [5.41, 5.74) is -0.602. The lowest BCUT2D eigenvalue weighted by Crippen LogP contribution is -2.25. The third-order valence-corrected chi connectivity index (χ3v) is 2.81. The fourth-order valence-electron chi connectivity index (χ4n) is 0.835. The van der Waals surface area contributed by atoms with E-state index < -0.39 is 5.41 Å². The smallest absolute Gasteiger partial charge is 0.316 e. The Kier molecular flexibility index (Phi) is 4.11. The topological polar surface area (TPSA) is 26.3 Å². The summed E-state index contributed by atoms with van der Waals surface area (Å²) in [4.78, 5) is 11.6. The molecule has 0 amide bonds. The van der Waals surface area contributed by atoms with Crippen LogP contribution in [0, 0.1) is 5.41 Å². The minimum absolute atomic E-state index is 0.219. The third kappa shape index (κ3) is 3.27. The Morgan fingerprint density at radius 1 is 1.06 bits per heavy atom. The van der Waals surface area contributed by atoms with Gasteiger partial charge in [0, 0.05) is 6.07 Å². The van der Waals surface area contributed by atoms with Crippen molar-refractivity contribution in [3.05, 3.63) is 27.2 Å². The molecule has 1 aromatic rings. The first-order valence-corrected chi connectivity index (χ1v) is 5.72. The van der Waals surface area contributed by atoms with Crippen LogP contribution in [-0.4, -0.2) is 5.97 Å². The van der Waals surface area contributed by atoms with Crippen LogP contribution in [0.2, 0.25) is 15.1 Å². The van der Waals surface area contributed by atoms with Gasteiger partial charge in [-0.2, -0.15) is 0 Å². The summed E-state index contributed by atoms with van der Waals surface area (Å²) in [6.07, 6.45) is 0. The first-order chi connectivity index (χ1) is 7.21. The van der Waals surface area contributed by atoms with Gasteiger partial charge >= 0.3 is 5.97 Å². The van der Waals surface area contributed by atoms with Crippen molar-refractivity contribution >= 4 is 40.8 Å². The summed E-state index contributed by atoms with van der Waals surface area (Å²) >= 11 is 17.4. The highest BCUT2D eigenvalue weighted by Gasteiger charge is 2.24. The number of halogens is 3. The predicted molar refractivity (Wildman–Crippen MR) is 66.6 cm³/mol. The maximum Gasteiger partial charge on any atom is 0.316 e. The average Bonchev–Trinajstić information content (AvgIpc) is 2.12. The molecule has 2 nitrogen and oxygen atoms in total. The Hall–Kier alpha value is -0.440. The highest BCUT2D eigenvalue weighted by Crippen LogP contribution is 2.34. The van der Waals surface area contributed by atoms with Crippen LogP contribution in [0.25, 0.3) is 0 Å². The molecule has 0 radical (unpaired) electrons. The number of carbonyl (C=O) groups is 1. The van der Waals surface area contributed by atoms with Crippen LogP contribution in [0.5, 0.6) is 5.75 Å². The van der Waals surface area contributed by atoms with E-state index in [4.69, 9.17) is 39.5 Å². The van der Waals surface area contributed by atoms with Gasteiger partial charge in [-0.1, -0.05) is 34.8 Å². The summed E-state index contributed by atoms with van der Waals surface area (Å²) in [5.74, 6) is -0.163. The van der Waals surface area contributed by atoms with E-state index in [1.165, 1.54) is 12.1 Å². The van der Waals surface area contributed by atoms with Crippen molar-refractivity contribution in [3.8, 4) is 5.75 Å². The second kappa shape index (κ2) is 4.82. The molecule has 0 spiro atoms. The molecule has 88 valence electrons. The molecular formula is C11H11Cl3O2. The number of hydrogen-bond donors (Lipinski definition) is 0. The first-order valence-electron chi connectivity index (χ1n) is 4.58. The summed E-state index contributed by atoms with van der Waals surface area (Å²) in [5, 5.41) is 0.872. The zero-order chi connectivity index (χ0) is 12.5. The van der Waals surface area contributed by atoms with Gasteiger partial charge < -0.3 is 4.74 Å². The van der Waals surface area contributed by atoms with E-state index in [1.807, 2.05) is 0 Å². The van der Waals surface area contributed by atoms with Crippen molar-refractivity contribution in [1.82, 2.24) is 0 Å². The molecule has 0 N–H and O–H groups in total. The van der Waals surface area contributed by atoms with Crippen LogP contribution in [-0.2, 0) is 4.79 Å². The van der Waals surface area contributed by atoms with Crippen LogP contribution in [0.1, 0.15) is 20.8 Å². The normalized spacial score (nSPS) is 11.4. The van der Waals surface area contributed by atoms with Crippen LogP contribution >= 0.6 is 34.8 Å². The molecule has 1 aromatic carbocycles. The Bertz CT molecular complexity index is 422. The zero-order valence-electron chi connectivity index (χ0n) is 9.11. The lowest BCUT2D eigenvalue weighted by molar-refractivity contribution is -0.142. The first kappa shape index (κ1) is 13.6. The SMILES string of the molecule is CC(C)(C)C(=O)Oc1cc(Cl)c(Cl)cc1Cl. The number of rotatable bonds is 1. The number of esters is 1. The predicted octanol–water partition coefficient (Wildman–Crippen LogP) is 4.60. The van der Waals surface area contributed by atoms with Gasteiger partial charge in [0.05, 0.1) is 20.5 Å². The summed E-state index contributed by atoms with van der Waals surface area (Å²) in [6.45, 7) is 5.25.